The highest BCUT2D eigenvalue weighted by Gasteiger charge is 2.19. The highest BCUT2D eigenvalue weighted by Crippen LogP contribution is 2.17. The highest BCUT2D eigenvalue weighted by atomic mass is 16.2. The lowest BCUT2D eigenvalue weighted by Gasteiger charge is -2.20. The third-order valence-electron chi connectivity index (χ3n) is 4.57. The second-order valence-electron chi connectivity index (χ2n) is 6.85. The number of pyridine rings is 1. The number of likely N-dealkylation sites (tertiary alicyclic amines) is 1. The molecule has 1 aromatic carbocycles. The lowest BCUT2D eigenvalue weighted by Crippen LogP contribution is -2.32. The van der Waals surface area contributed by atoms with Crippen molar-refractivity contribution < 1.29 is 14.4 Å². The molecular formula is C21H24N4O3. The van der Waals surface area contributed by atoms with Crippen LogP contribution in [0.1, 0.15) is 53.5 Å². The van der Waals surface area contributed by atoms with E-state index in [0.29, 0.717) is 16.9 Å². The number of carbonyl (C=O) groups is 3. The number of benzene rings is 1. The van der Waals surface area contributed by atoms with Gasteiger partial charge >= 0.3 is 0 Å². The average molecular weight is 380 g/mol. The minimum atomic E-state index is -0.412. The van der Waals surface area contributed by atoms with E-state index in [0.717, 1.165) is 38.8 Å². The molecule has 0 atom stereocenters. The maximum atomic E-state index is 12.8. The van der Waals surface area contributed by atoms with Crippen LogP contribution in [0.15, 0.2) is 42.6 Å². The number of anilines is 2. The van der Waals surface area contributed by atoms with Crippen molar-refractivity contribution in [2.24, 2.45) is 0 Å². The van der Waals surface area contributed by atoms with Crippen LogP contribution in [0.4, 0.5) is 11.4 Å². The summed E-state index contributed by atoms with van der Waals surface area (Å²) >= 11 is 0. The van der Waals surface area contributed by atoms with Crippen LogP contribution >= 0.6 is 0 Å². The molecule has 0 spiro atoms. The zero-order chi connectivity index (χ0) is 19.9. The Bertz CT molecular complexity index is 873. The van der Waals surface area contributed by atoms with E-state index in [2.05, 4.69) is 15.6 Å². The molecule has 1 aliphatic rings. The lowest BCUT2D eigenvalue weighted by molar-refractivity contribution is -0.114. The fourth-order valence-electron chi connectivity index (χ4n) is 3.22. The zero-order valence-corrected chi connectivity index (χ0v) is 15.9. The van der Waals surface area contributed by atoms with E-state index in [1.807, 2.05) is 4.90 Å². The van der Waals surface area contributed by atoms with Gasteiger partial charge in [0, 0.05) is 43.1 Å². The predicted octanol–water partition coefficient (Wildman–Crippen LogP) is 3.31. The summed E-state index contributed by atoms with van der Waals surface area (Å²) in [6.45, 7) is 2.92. The number of amides is 3. The van der Waals surface area contributed by atoms with Crippen LogP contribution in [0.5, 0.6) is 0 Å². The summed E-state index contributed by atoms with van der Waals surface area (Å²) in [4.78, 5) is 42.5. The van der Waals surface area contributed by atoms with Crippen LogP contribution in [0.25, 0.3) is 0 Å². The second-order valence-corrected chi connectivity index (χ2v) is 6.85. The third kappa shape index (κ3) is 5.16. The summed E-state index contributed by atoms with van der Waals surface area (Å²) in [5.74, 6) is -0.665. The average Bonchev–Trinajstić information content (AvgIpc) is 2.97. The van der Waals surface area contributed by atoms with Crippen molar-refractivity contribution >= 4 is 29.1 Å². The maximum absolute atomic E-state index is 12.8. The fraction of sp³-hybridized carbons (Fsp3) is 0.333. The van der Waals surface area contributed by atoms with Gasteiger partial charge < -0.3 is 15.5 Å². The smallest absolute Gasteiger partial charge is 0.274 e. The summed E-state index contributed by atoms with van der Waals surface area (Å²) in [5, 5.41) is 5.42. The number of hydrogen-bond donors (Lipinski definition) is 2. The molecule has 2 heterocycles. The molecule has 1 aliphatic heterocycles. The summed E-state index contributed by atoms with van der Waals surface area (Å²) in [6, 6.07) is 10.0. The van der Waals surface area contributed by atoms with Crippen LogP contribution in [0, 0.1) is 0 Å². The Hall–Kier alpha value is -3.22. The molecule has 146 valence electrons. The monoisotopic (exact) mass is 380 g/mol. The first-order valence-corrected chi connectivity index (χ1v) is 9.47. The van der Waals surface area contributed by atoms with E-state index >= 15 is 0 Å². The standard InChI is InChI=1S/C21H24N4O3/c1-15(26)23-17-7-6-8-18(14-17)24-20(27)19-13-16(9-10-22-19)21(28)25-11-4-2-3-5-12-25/h6-10,13-14H,2-5,11-12H2,1H3,(H,23,26)(H,24,27). The first-order chi connectivity index (χ1) is 13.5. The van der Waals surface area contributed by atoms with Crippen LogP contribution in [-0.4, -0.2) is 40.7 Å². The molecule has 3 amide bonds. The van der Waals surface area contributed by atoms with Crippen LogP contribution in [0.2, 0.25) is 0 Å². The van der Waals surface area contributed by atoms with Gasteiger partial charge in [0.2, 0.25) is 5.91 Å². The molecule has 1 aromatic heterocycles. The van der Waals surface area contributed by atoms with Gasteiger partial charge in [0.25, 0.3) is 11.8 Å². The quantitative estimate of drug-likeness (QED) is 0.851. The Kier molecular flexibility index (Phi) is 6.37. The fourth-order valence-corrected chi connectivity index (χ4v) is 3.22. The molecule has 7 nitrogen and oxygen atoms in total. The Labute approximate surface area is 164 Å². The molecule has 1 saturated heterocycles. The van der Waals surface area contributed by atoms with E-state index in [1.165, 1.54) is 19.2 Å². The number of hydrogen-bond acceptors (Lipinski definition) is 4. The lowest BCUT2D eigenvalue weighted by atomic mass is 10.2. The Balaban J connectivity index is 1.71. The Morgan fingerprint density at radius 1 is 0.929 bits per heavy atom. The first-order valence-electron chi connectivity index (χ1n) is 9.47. The van der Waals surface area contributed by atoms with Gasteiger partial charge in [-0.1, -0.05) is 18.9 Å². The first kappa shape index (κ1) is 19.5. The van der Waals surface area contributed by atoms with Crippen molar-refractivity contribution in [3.05, 3.63) is 53.9 Å². The van der Waals surface area contributed by atoms with Crippen molar-refractivity contribution in [2.45, 2.75) is 32.6 Å². The molecule has 0 bridgehead atoms. The summed E-state index contributed by atoms with van der Waals surface area (Å²) in [7, 11) is 0. The highest BCUT2D eigenvalue weighted by molar-refractivity contribution is 6.05. The molecule has 0 saturated carbocycles. The predicted molar refractivity (Wildman–Crippen MR) is 107 cm³/mol. The number of aromatic nitrogens is 1. The molecule has 0 radical (unpaired) electrons. The molecule has 2 aromatic rings. The van der Waals surface area contributed by atoms with Gasteiger partial charge in [0.1, 0.15) is 5.69 Å². The van der Waals surface area contributed by atoms with Crippen LogP contribution < -0.4 is 10.6 Å². The number of rotatable bonds is 4. The van der Waals surface area contributed by atoms with Gasteiger partial charge in [-0.2, -0.15) is 0 Å². The van der Waals surface area contributed by atoms with E-state index in [4.69, 9.17) is 0 Å². The molecular weight excluding hydrogens is 356 g/mol. The van der Waals surface area contributed by atoms with Crippen molar-refractivity contribution in [2.75, 3.05) is 23.7 Å². The van der Waals surface area contributed by atoms with E-state index in [-0.39, 0.29) is 17.5 Å². The minimum absolute atomic E-state index is 0.0639. The summed E-state index contributed by atoms with van der Waals surface area (Å²) in [5.41, 5.74) is 1.75. The van der Waals surface area contributed by atoms with Crippen molar-refractivity contribution in [1.82, 2.24) is 9.88 Å². The number of nitrogens with zero attached hydrogens (tertiary/aromatic N) is 2. The van der Waals surface area contributed by atoms with E-state index < -0.39 is 5.91 Å². The topological polar surface area (TPSA) is 91.4 Å². The molecule has 3 rings (SSSR count). The van der Waals surface area contributed by atoms with Gasteiger partial charge in [-0.05, 0) is 43.2 Å². The SMILES string of the molecule is CC(=O)Nc1cccc(NC(=O)c2cc(C(=O)N3CCCCCC3)ccn2)c1. The van der Waals surface area contributed by atoms with E-state index in [9.17, 15) is 14.4 Å². The van der Waals surface area contributed by atoms with Gasteiger partial charge in [-0.3, -0.25) is 19.4 Å². The number of carbonyl (C=O) groups excluding carboxylic acids is 3. The molecule has 1 fully saturated rings. The molecule has 0 aliphatic carbocycles. The van der Waals surface area contributed by atoms with Crippen molar-refractivity contribution in [1.29, 1.82) is 0 Å². The third-order valence-corrected chi connectivity index (χ3v) is 4.57. The Morgan fingerprint density at radius 3 is 2.29 bits per heavy atom. The number of nitrogens with one attached hydrogen (secondary N) is 2. The van der Waals surface area contributed by atoms with Crippen LogP contribution in [0.3, 0.4) is 0 Å². The molecule has 0 unspecified atom stereocenters. The second kappa shape index (κ2) is 9.12. The molecule has 7 heteroatoms. The minimum Gasteiger partial charge on any atom is -0.339 e. The zero-order valence-electron chi connectivity index (χ0n) is 15.9. The van der Waals surface area contributed by atoms with Crippen LogP contribution in [-0.2, 0) is 4.79 Å². The normalized spacial score (nSPS) is 14.1. The van der Waals surface area contributed by atoms with E-state index in [1.54, 1.807) is 30.3 Å². The van der Waals surface area contributed by atoms with Gasteiger partial charge in [0.05, 0.1) is 0 Å². The molecule has 2 N–H and O–H groups in total. The summed E-state index contributed by atoms with van der Waals surface area (Å²) in [6.07, 6.45) is 5.79. The largest absolute Gasteiger partial charge is 0.339 e. The molecule has 28 heavy (non-hydrogen) atoms. The van der Waals surface area contributed by atoms with Gasteiger partial charge in [0.15, 0.2) is 0 Å². The van der Waals surface area contributed by atoms with Crippen molar-refractivity contribution in [3.63, 3.8) is 0 Å². The van der Waals surface area contributed by atoms with Gasteiger partial charge in [-0.15, -0.1) is 0 Å². The summed E-state index contributed by atoms with van der Waals surface area (Å²) < 4.78 is 0. The Morgan fingerprint density at radius 2 is 1.61 bits per heavy atom. The maximum Gasteiger partial charge on any atom is 0.274 e. The van der Waals surface area contributed by atoms with Crippen molar-refractivity contribution in [3.8, 4) is 0 Å². The van der Waals surface area contributed by atoms with Gasteiger partial charge in [-0.25, -0.2) is 0 Å².